The zero-order valence-electron chi connectivity index (χ0n) is 16.4. The minimum atomic E-state index is -1.02. The Balaban J connectivity index is 1.89. The Morgan fingerprint density at radius 1 is 1.00 bits per heavy atom. The number of aliphatic carboxylic acids is 1. The van der Waals surface area contributed by atoms with Gasteiger partial charge >= 0.3 is 5.97 Å². The smallest absolute Gasteiger partial charge is 0.328 e. The summed E-state index contributed by atoms with van der Waals surface area (Å²) in [6, 6.07) is 17.6. The molecule has 0 aliphatic carbocycles. The van der Waals surface area contributed by atoms with Crippen LogP contribution in [0.5, 0.6) is 5.75 Å². The molecule has 0 saturated carbocycles. The maximum Gasteiger partial charge on any atom is 0.328 e. The lowest BCUT2D eigenvalue weighted by Crippen LogP contribution is -2.03. The molecule has 0 atom stereocenters. The van der Waals surface area contributed by atoms with Crippen LogP contribution in [0.2, 0.25) is 5.02 Å². The molecule has 0 spiro atoms. The van der Waals surface area contributed by atoms with Crippen molar-refractivity contribution in [2.75, 3.05) is 0 Å². The van der Waals surface area contributed by atoms with E-state index in [-0.39, 0.29) is 11.5 Å². The molecule has 4 rings (SSSR count). The van der Waals surface area contributed by atoms with Gasteiger partial charge in [0, 0.05) is 32.3 Å². The van der Waals surface area contributed by atoms with Gasteiger partial charge in [0.1, 0.15) is 5.75 Å². The molecule has 0 aliphatic rings. The first-order valence-electron chi connectivity index (χ1n) is 9.41. The molecule has 4 nitrogen and oxygen atoms in total. The summed E-state index contributed by atoms with van der Waals surface area (Å²) < 4.78 is 0.799. The van der Waals surface area contributed by atoms with Crippen molar-refractivity contribution in [2.24, 2.45) is 0 Å². The number of carbonyl (C=O) groups is 2. The molecule has 154 valence electrons. The van der Waals surface area contributed by atoms with E-state index in [0.29, 0.717) is 15.5 Å². The lowest BCUT2D eigenvalue weighted by molar-refractivity contribution is -0.131. The van der Waals surface area contributed by atoms with Crippen LogP contribution in [0.4, 0.5) is 0 Å². The van der Waals surface area contributed by atoms with Gasteiger partial charge in [-0.2, -0.15) is 0 Å². The average molecular weight is 449 g/mol. The number of carboxylic acids is 1. The van der Waals surface area contributed by atoms with Crippen molar-refractivity contribution < 1.29 is 19.8 Å². The van der Waals surface area contributed by atoms with Gasteiger partial charge in [-0.25, -0.2) is 4.79 Å². The number of carboxylic acid groups (broad SMARTS) is 1. The summed E-state index contributed by atoms with van der Waals surface area (Å²) in [5.74, 6) is -1.02. The molecule has 0 radical (unpaired) electrons. The number of phenols is 1. The first-order chi connectivity index (χ1) is 14.8. The fourth-order valence-corrected chi connectivity index (χ4v) is 4.81. The van der Waals surface area contributed by atoms with E-state index in [4.69, 9.17) is 16.7 Å². The highest BCUT2D eigenvalue weighted by atomic mass is 35.5. The van der Waals surface area contributed by atoms with Crippen molar-refractivity contribution in [3.63, 3.8) is 0 Å². The van der Waals surface area contributed by atoms with Crippen LogP contribution in [0.3, 0.4) is 0 Å². The van der Waals surface area contributed by atoms with Crippen LogP contribution in [-0.4, -0.2) is 22.0 Å². The molecule has 31 heavy (non-hydrogen) atoms. The normalized spacial score (nSPS) is 11.3. The number of hydrogen-bond donors (Lipinski definition) is 2. The molecule has 1 aromatic heterocycles. The number of aryl methyl sites for hydroxylation is 1. The highest BCUT2D eigenvalue weighted by Crippen LogP contribution is 2.41. The molecular weight excluding hydrogens is 432 g/mol. The van der Waals surface area contributed by atoms with Crippen molar-refractivity contribution in [2.45, 2.75) is 6.92 Å². The first-order valence-corrected chi connectivity index (χ1v) is 10.6. The quantitative estimate of drug-likeness (QED) is 0.267. The molecular formula is C25H17ClO4S. The number of phenolic OH excluding ortho intramolecular Hbond substituents is 1. The number of benzene rings is 3. The number of ketones is 1. The minimum Gasteiger partial charge on any atom is -0.508 e. The van der Waals surface area contributed by atoms with E-state index in [0.717, 1.165) is 38.4 Å². The van der Waals surface area contributed by atoms with Crippen LogP contribution in [0.25, 0.3) is 27.3 Å². The summed E-state index contributed by atoms with van der Waals surface area (Å²) in [5, 5.41) is 20.1. The standard InChI is InChI=1S/C25H17ClO4S/c1-14-2-8-17(26)12-20(14)24(30)25-23(19-10-9-18(27)13-21(19)31-25)16-6-3-15(4-7-16)5-11-22(28)29/h2-13,27H,1H3,(H,28,29)/b11-5+. The van der Waals surface area contributed by atoms with Gasteiger partial charge in [-0.05, 0) is 60.0 Å². The highest BCUT2D eigenvalue weighted by molar-refractivity contribution is 7.21. The monoisotopic (exact) mass is 448 g/mol. The predicted octanol–water partition coefficient (Wildman–Crippen LogP) is 6.56. The number of fused-ring (bicyclic) bond motifs is 1. The average Bonchev–Trinajstić information content (AvgIpc) is 3.12. The molecule has 2 N–H and O–H groups in total. The Morgan fingerprint density at radius 3 is 2.45 bits per heavy atom. The molecule has 0 fully saturated rings. The van der Waals surface area contributed by atoms with Crippen LogP contribution in [0.1, 0.15) is 26.4 Å². The number of hydrogen-bond acceptors (Lipinski definition) is 4. The second-order valence-electron chi connectivity index (χ2n) is 7.07. The van der Waals surface area contributed by atoms with E-state index in [1.807, 2.05) is 25.1 Å². The first kappa shape index (κ1) is 20.8. The van der Waals surface area contributed by atoms with Crippen molar-refractivity contribution in [3.8, 4) is 16.9 Å². The van der Waals surface area contributed by atoms with E-state index in [2.05, 4.69) is 0 Å². The van der Waals surface area contributed by atoms with E-state index >= 15 is 0 Å². The number of carbonyl (C=O) groups excluding carboxylic acids is 1. The van der Waals surface area contributed by atoms with E-state index in [1.165, 1.54) is 17.4 Å². The molecule has 3 aromatic carbocycles. The molecule has 1 heterocycles. The van der Waals surface area contributed by atoms with Gasteiger partial charge in [-0.15, -0.1) is 11.3 Å². The van der Waals surface area contributed by atoms with E-state index < -0.39 is 5.97 Å². The zero-order valence-corrected chi connectivity index (χ0v) is 18.0. The molecule has 4 aromatic rings. The Bertz CT molecular complexity index is 1350. The summed E-state index contributed by atoms with van der Waals surface area (Å²) in [4.78, 5) is 24.8. The van der Waals surface area contributed by atoms with Gasteiger partial charge in [0.05, 0.1) is 4.88 Å². The van der Waals surface area contributed by atoms with Gasteiger partial charge < -0.3 is 10.2 Å². The molecule has 0 unspecified atom stereocenters. The molecule has 0 saturated heterocycles. The Morgan fingerprint density at radius 2 is 1.74 bits per heavy atom. The lowest BCUT2D eigenvalue weighted by Gasteiger charge is -2.08. The molecule has 0 bridgehead atoms. The second kappa shape index (κ2) is 8.38. The fraction of sp³-hybridized carbons (Fsp3) is 0.0400. The van der Waals surface area contributed by atoms with Crippen LogP contribution in [-0.2, 0) is 4.79 Å². The van der Waals surface area contributed by atoms with Gasteiger partial charge in [-0.3, -0.25) is 4.79 Å². The zero-order chi connectivity index (χ0) is 22.1. The van der Waals surface area contributed by atoms with Crippen molar-refractivity contribution >= 4 is 50.9 Å². The number of aromatic hydroxyl groups is 1. The Kier molecular flexibility index (Phi) is 5.63. The van der Waals surface area contributed by atoms with Crippen LogP contribution < -0.4 is 0 Å². The lowest BCUT2D eigenvalue weighted by atomic mass is 9.96. The van der Waals surface area contributed by atoms with Gasteiger partial charge in [0.2, 0.25) is 5.78 Å². The summed E-state index contributed by atoms with van der Waals surface area (Å²) in [6.07, 6.45) is 2.59. The van der Waals surface area contributed by atoms with Crippen molar-refractivity contribution in [3.05, 3.63) is 93.3 Å². The summed E-state index contributed by atoms with van der Waals surface area (Å²) in [7, 11) is 0. The summed E-state index contributed by atoms with van der Waals surface area (Å²) in [5.41, 5.74) is 3.70. The van der Waals surface area contributed by atoms with Crippen LogP contribution in [0, 0.1) is 6.92 Å². The molecule has 6 heteroatoms. The number of rotatable bonds is 5. The van der Waals surface area contributed by atoms with E-state index in [1.54, 1.807) is 42.5 Å². The van der Waals surface area contributed by atoms with Crippen molar-refractivity contribution in [1.82, 2.24) is 0 Å². The third kappa shape index (κ3) is 4.24. The third-order valence-electron chi connectivity index (χ3n) is 4.94. The topological polar surface area (TPSA) is 74.6 Å². The fourth-order valence-electron chi connectivity index (χ4n) is 3.42. The number of halogens is 1. The number of thiophene rings is 1. The SMILES string of the molecule is Cc1ccc(Cl)cc1C(=O)c1sc2cc(O)ccc2c1-c1ccc(/C=C/C(=O)O)cc1. The minimum absolute atomic E-state index is 0.132. The molecule has 0 amide bonds. The third-order valence-corrected chi connectivity index (χ3v) is 6.33. The Labute approximate surface area is 187 Å². The summed E-state index contributed by atoms with van der Waals surface area (Å²) >= 11 is 7.47. The van der Waals surface area contributed by atoms with Gasteiger partial charge in [-0.1, -0.05) is 41.9 Å². The maximum atomic E-state index is 13.5. The van der Waals surface area contributed by atoms with Gasteiger partial charge in [0.15, 0.2) is 0 Å². The molecule has 0 aliphatic heterocycles. The van der Waals surface area contributed by atoms with Crippen LogP contribution in [0.15, 0.2) is 66.7 Å². The van der Waals surface area contributed by atoms with Crippen molar-refractivity contribution in [1.29, 1.82) is 0 Å². The predicted molar refractivity (Wildman–Crippen MR) is 125 cm³/mol. The largest absolute Gasteiger partial charge is 0.508 e. The second-order valence-corrected chi connectivity index (χ2v) is 8.56. The van der Waals surface area contributed by atoms with Crippen LogP contribution >= 0.6 is 22.9 Å². The van der Waals surface area contributed by atoms with Gasteiger partial charge in [0.25, 0.3) is 0 Å². The highest BCUT2D eigenvalue weighted by Gasteiger charge is 2.22. The van der Waals surface area contributed by atoms with E-state index in [9.17, 15) is 14.7 Å². The Hall–Kier alpha value is -3.41. The maximum absolute atomic E-state index is 13.5. The summed E-state index contributed by atoms with van der Waals surface area (Å²) in [6.45, 7) is 1.87.